The van der Waals surface area contributed by atoms with Crippen LogP contribution in [0, 0.1) is 10.5 Å². The lowest BCUT2D eigenvalue weighted by atomic mass is 10.0. The van der Waals surface area contributed by atoms with Crippen molar-refractivity contribution >= 4 is 38.3 Å². The Hall–Kier alpha value is -1.08. The third-order valence-corrected chi connectivity index (χ3v) is 6.69. The Bertz CT molecular complexity index is 800. The molecule has 0 aromatic heterocycles. The first kappa shape index (κ1) is 13.9. The molecule has 1 heterocycles. The minimum Gasteiger partial charge on any atom is -0.266 e. The van der Waals surface area contributed by atoms with E-state index in [4.69, 9.17) is 0 Å². The average Bonchev–Trinajstić information content (AvgIpc) is 2.42. The summed E-state index contributed by atoms with van der Waals surface area (Å²) in [7, 11) is -3.45. The van der Waals surface area contributed by atoms with Crippen molar-refractivity contribution in [3.8, 4) is 11.1 Å². The number of fused-ring (bicyclic) bond motifs is 3. The van der Waals surface area contributed by atoms with E-state index in [9.17, 15) is 8.42 Å². The molecular weight excluding hydrogens is 385 g/mol. The van der Waals surface area contributed by atoms with Crippen molar-refractivity contribution in [3.05, 3.63) is 45.5 Å². The van der Waals surface area contributed by atoms with Gasteiger partial charge in [0.05, 0.1) is 10.6 Å². The average molecular weight is 399 g/mol. The van der Waals surface area contributed by atoms with Gasteiger partial charge in [0.1, 0.15) is 0 Å². The van der Waals surface area contributed by atoms with Crippen LogP contribution in [-0.2, 0) is 10.0 Å². The molecule has 1 aliphatic rings. The lowest BCUT2D eigenvalue weighted by Gasteiger charge is -2.31. The van der Waals surface area contributed by atoms with Gasteiger partial charge in [0.25, 0.3) is 10.0 Å². The maximum atomic E-state index is 12.7. The second-order valence-corrected chi connectivity index (χ2v) is 7.78. The van der Waals surface area contributed by atoms with Gasteiger partial charge in [-0.3, -0.25) is 4.31 Å². The minimum atomic E-state index is -3.45. The summed E-state index contributed by atoms with van der Waals surface area (Å²) in [5.74, 6) is 0. The second kappa shape index (κ2) is 4.73. The summed E-state index contributed by atoms with van der Waals surface area (Å²) in [5.41, 5.74) is 3.67. The quantitative estimate of drug-likeness (QED) is 0.685. The summed E-state index contributed by atoms with van der Waals surface area (Å²) in [5, 5.41) is 0. The number of hydrogen-bond donors (Lipinski definition) is 0. The number of halogens is 1. The minimum absolute atomic E-state index is 0.397. The lowest BCUT2D eigenvalue weighted by molar-refractivity contribution is 0.591. The number of anilines is 1. The van der Waals surface area contributed by atoms with E-state index in [0.29, 0.717) is 11.4 Å². The lowest BCUT2D eigenvalue weighted by Crippen LogP contribution is -2.34. The highest BCUT2D eigenvalue weighted by Gasteiger charge is 2.33. The summed E-state index contributed by atoms with van der Waals surface area (Å²) in [4.78, 5) is 0.397. The van der Waals surface area contributed by atoms with Gasteiger partial charge in [0.15, 0.2) is 0 Å². The number of benzene rings is 2. The molecule has 0 amide bonds. The van der Waals surface area contributed by atoms with Crippen molar-refractivity contribution in [2.75, 3.05) is 10.8 Å². The van der Waals surface area contributed by atoms with Gasteiger partial charge in [0, 0.05) is 21.2 Å². The highest BCUT2D eigenvalue weighted by molar-refractivity contribution is 14.1. The van der Waals surface area contributed by atoms with E-state index in [-0.39, 0.29) is 0 Å². The van der Waals surface area contributed by atoms with Gasteiger partial charge in [-0.05, 0) is 60.2 Å². The highest BCUT2D eigenvalue weighted by atomic mass is 127. The fourth-order valence-corrected chi connectivity index (χ4v) is 4.75. The van der Waals surface area contributed by atoms with Gasteiger partial charge in [-0.25, -0.2) is 8.42 Å². The van der Waals surface area contributed by atoms with Crippen molar-refractivity contribution < 1.29 is 8.42 Å². The molecule has 2 aromatic carbocycles. The molecule has 0 bridgehead atoms. The molecule has 3 rings (SSSR count). The first-order chi connectivity index (χ1) is 9.46. The normalized spacial score (nSPS) is 15.7. The fraction of sp³-hybridized carbons (Fsp3) is 0.200. The molecule has 20 heavy (non-hydrogen) atoms. The number of rotatable bonds is 1. The van der Waals surface area contributed by atoms with Crippen LogP contribution in [0.4, 0.5) is 5.69 Å². The van der Waals surface area contributed by atoms with E-state index in [0.717, 1.165) is 25.9 Å². The zero-order chi connectivity index (χ0) is 14.5. The van der Waals surface area contributed by atoms with E-state index in [1.54, 1.807) is 12.1 Å². The van der Waals surface area contributed by atoms with Crippen LogP contribution in [0.25, 0.3) is 11.1 Å². The second-order valence-electron chi connectivity index (χ2n) is 4.78. The molecule has 0 spiro atoms. The molecule has 0 radical (unpaired) electrons. The number of sulfonamides is 1. The monoisotopic (exact) mass is 399 g/mol. The molecule has 2 aromatic rings. The Morgan fingerprint density at radius 3 is 2.55 bits per heavy atom. The zero-order valence-electron chi connectivity index (χ0n) is 11.2. The Kier molecular flexibility index (Phi) is 3.29. The van der Waals surface area contributed by atoms with Gasteiger partial charge in [0.2, 0.25) is 0 Å². The van der Waals surface area contributed by atoms with Crippen LogP contribution in [0.5, 0.6) is 0 Å². The third-order valence-electron chi connectivity index (χ3n) is 3.58. The molecule has 0 aliphatic carbocycles. The summed E-state index contributed by atoms with van der Waals surface area (Å²) in [6, 6.07) is 11.3. The molecule has 0 saturated heterocycles. The van der Waals surface area contributed by atoms with Gasteiger partial charge in [-0.15, -0.1) is 0 Å². The molecule has 3 nitrogen and oxygen atoms in total. The summed E-state index contributed by atoms with van der Waals surface area (Å²) >= 11 is 2.29. The van der Waals surface area contributed by atoms with Crippen LogP contribution in [0.2, 0.25) is 0 Å². The smallest absolute Gasteiger partial charge is 0.264 e. The summed E-state index contributed by atoms with van der Waals surface area (Å²) < 4.78 is 28.1. The molecule has 5 heteroatoms. The molecule has 0 saturated carbocycles. The third kappa shape index (κ3) is 1.87. The van der Waals surface area contributed by atoms with E-state index in [1.807, 2.05) is 32.0 Å². The fourth-order valence-electron chi connectivity index (χ4n) is 2.59. The standard InChI is InChI=1S/C15H14INO2S/c1-3-17-14-8-10(2)13(16)9-12(14)11-6-4-5-7-15(11)20(17,18)19/h4-9H,3H2,1-2H3. The number of aryl methyl sites for hydroxylation is 1. The van der Waals surface area contributed by atoms with E-state index >= 15 is 0 Å². The van der Waals surface area contributed by atoms with Crippen molar-refractivity contribution in [2.45, 2.75) is 18.7 Å². The first-order valence-electron chi connectivity index (χ1n) is 6.39. The SMILES string of the molecule is CCN1c2cc(C)c(I)cc2-c2ccccc2S1(=O)=O. The zero-order valence-corrected chi connectivity index (χ0v) is 14.2. The summed E-state index contributed by atoms with van der Waals surface area (Å²) in [6.45, 7) is 4.30. The van der Waals surface area contributed by atoms with Crippen molar-refractivity contribution in [1.82, 2.24) is 0 Å². The largest absolute Gasteiger partial charge is 0.266 e. The van der Waals surface area contributed by atoms with Crippen LogP contribution >= 0.6 is 22.6 Å². The van der Waals surface area contributed by atoms with E-state index in [2.05, 4.69) is 28.7 Å². The van der Waals surface area contributed by atoms with E-state index < -0.39 is 10.0 Å². The molecule has 1 aliphatic heterocycles. The molecule has 0 fully saturated rings. The van der Waals surface area contributed by atoms with Gasteiger partial charge in [-0.2, -0.15) is 0 Å². The Labute approximate surface area is 132 Å². The van der Waals surface area contributed by atoms with Crippen molar-refractivity contribution in [3.63, 3.8) is 0 Å². The van der Waals surface area contributed by atoms with Gasteiger partial charge < -0.3 is 0 Å². The number of hydrogen-bond acceptors (Lipinski definition) is 2. The van der Waals surface area contributed by atoms with Crippen LogP contribution in [0.1, 0.15) is 12.5 Å². The molecule has 104 valence electrons. The van der Waals surface area contributed by atoms with E-state index in [1.165, 1.54) is 4.31 Å². The summed E-state index contributed by atoms with van der Waals surface area (Å²) in [6.07, 6.45) is 0. The first-order valence-corrected chi connectivity index (χ1v) is 8.91. The molecular formula is C15H14INO2S. The predicted octanol–water partition coefficient (Wildman–Crippen LogP) is 3.80. The van der Waals surface area contributed by atoms with Crippen LogP contribution in [-0.4, -0.2) is 15.0 Å². The number of nitrogens with zero attached hydrogens (tertiary/aromatic N) is 1. The van der Waals surface area contributed by atoms with Crippen LogP contribution in [0.15, 0.2) is 41.3 Å². The van der Waals surface area contributed by atoms with Crippen LogP contribution in [0.3, 0.4) is 0 Å². The Morgan fingerprint density at radius 2 is 1.85 bits per heavy atom. The Balaban J connectivity index is 2.44. The maximum Gasteiger partial charge on any atom is 0.264 e. The van der Waals surface area contributed by atoms with Gasteiger partial charge >= 0.3 is 0 Å². The molecule has 0 atom stereocenters. The molecule has 0 N–H and O–H groups in total. The topological polar surface area (TPSA) is 37.4 Å². The Morgan fingerprint density at radius 1 is 1.15 bits per heavy atom. The van der Waals surface area contributed by atoms with Crippen molar-refractivity contribution in [1.29, 1.82) is 0 Å². The van der Waals surface area contributed by atoms with Crippen molar-refractivity contribution in [2.24, 2.45) is 0 Å². The maximum absolute atomic E-state index is 12.7. The molecule has 0 unspecified atom stereocenters. The highest BCUT2D eigenvalue weighted by Crippen LogP contribution is 2.44. The van der Waals surface area contributed by atoms with Crippen LogP contribution < -0.4 is 4.31 Å². The predicted molar refractivity (Wildman–Crippen MR) is 89.5 cm³/mol. The van der Waals surface area contributed by atoms with Gasteiger partial charge in [-0.1, -0.05) is 18.2 Å².